The van der Waals surface area contributed by atoms with Crippen LogP contribution in [0.3, 0.4) is 0 Å². The van der Waals surface area contributed by atoms with Gasteiger partial charge in [-0.25, -0.2) is 9.78 Å². The third kappa shape index (κ3) is 5.94. The summed E-state index contributed by atoms with van der Waals surface area (Å²) < 4.78 is 16.3. The summed E-state index contributed by atoms with van der Waals surface area (Å²) in [4.78, 5) is 45.3. The zero-order valence-electron chi connectivity index (χ0n) is 22.9. The van der Waals surface area contributed by atoms with Gasteiger partial charge in [0.25, 0.3) is 5.78 Å². The summed E-state index contributed by atoms with van der Waals surface area (Å²) in [7, 11) is 0. The number of anilines is 1. The van der Waals surface area contributed by atoms with Gasteiger partial charge in [0.15, 0.2) is 16.6 Å². The number of nitrogens with zero attached hydrogens (tertiary/aromatic N) is 2. The van der Waals surface area contributed by atoms with Crippen LogP contribution in [0.1, 0.15) is 52.8 Å². The van der Waals surface area contributed by atoms with Gasteiger partial charge in [-0.1, -0.05) is 37.0 Å². The van der Waals surface area contributed by atoms with Crippen molar-refractivity contribution in [2.45, 2.75) is 33.2 Å². The predicted molar refractivity (Wildman–Crippen MR) is 154 cm³/mol. The van der Waals surface area contributed by atoms with Gasteiger partial charge in [-0.2, -0.15) is 0 Å². The van der Waals surface area contributed by atoms with Crippen molar-refractivity contribution in [3.63, 3.8) is 0 Å². The number of aliphatic hydroxyl groups excluding tert-OH is 1. The van der Waals surface area contributed by atoms with E-state index in [1.807, 2.05) is 6.92 Å². The van der Waals surface area contributed by atoms with Crippen LogP contribution in [0, 0.1) is 6.92 Å². The normalized spacial score (nSPS) is 16.1. The second-order valence-corrected chi connectivity index (χ2v) is 9.98. The van der Waals surface area contributed by atoms with Gasteiger partial charge >= 0.3 is 11.9 Å². The molecule has 0 aliphatic carbocycles. The van der Waals surface area contributed by atoms with Crippen LogP contribution in [-0.4, -0.2) is 52.7 Å². The number of aromatic hydroxyl groups is 1. The van der Waals surface area contributed by atoms with E-state index in [0.29, 0.717) is 29.2 Å². The highest BCUT2D eigenvalue weighted by molar-refractivity contribution is 7.17. The molecule has 0 radical (unpaired) electrons. The zero-order chi connectivity index (χ0) is 29.7. The van der Waals surface area contributed by atoms with Crippen molar-refractivity contribution >= 4 is 39.9 Å². The molecule has 2 heterocycles. The number of benzene rings is 2. The summed E-state index contributed by atoms with van der Waals surface area (Å²) in [6.07, 6.45) is 2.25. The molecule has 1 saturated heterocycles. The van der Waals surface area contributed by atoms with Gasteiger partial charge in [-0.3, -0.25) is 14.5 Å². The monoisotopic (exact) mass is 578 g/mol. The Balaban J connectivity index is 1.87. The molecule has 0 bridgehead atoms. The number of hydrogen-bond acceptors (Lipinski definition) is 10. The minimum atomic E-state index is -1.14. The van der Waals surface area contributed by atoms with Gasteiger partial charge in [0, 0.05) is 5.56 Å². The highest BCUT2D eigenvalue weighted by Crippen LogP contribution is 2.45. The SMILES string of the molecule is C=CCOC(=O)c1sc(N2C(=O)C(=O)/C(=C(/O)c3ccc(OCCC)cc3)C2c2ccc(O)c(OCC)c2)nc1C. The number of aromatic nitrogens is 1. The lowest BCUT2D eigenvalue weighted by Gasteiger charge is -2.23. The molecule has 1 unspecified atom stereocenters. The Morgan fingerprint density at radius 1 is 1.15 bits per heavy atom. The summed E-state index contributed by atoms with van der Waals surface area (Å²) in [6.45, 7) is 9.62. The minimum Gasteiger partial charge on any atom is -0.507 e. The molecule has 1 aliphatic rings. The molecule has 4 rings (SSSR count). The molecule has 0 spiro atoms. The number of thiazole rings is 1. The van der Waals surface area contributed by atoms with Crippen molar-refractivity contribution < 1.29 is 38.8 Å². The van der Waals surface area contributed by atoms with E-state index in [2.05, 4.69) is 11.6 Å². The number of ether oxygens (including phenoxy) is 3. The molecule has 0 saturated carbocycles. The maximum atomic E-state index is 13.5. The quantitative estimate of drug-likeness (QED) is 0.102. The number of phenols is 1. The van der Waals surface area contributed by atoms with Gasteiger partial charge in [0.2, 0.25) is 0 Å². The third-order valence-electron chi connectivity index (χ3n) is 6.15. The molecule has 1 atom stereocenters. The Kier molecular flexibility index (Phi) is 9.08. The number of Topliss-reactive ketones (excluding diaryl/α,β-unsaturated/α-hetero) is 1. The van der Waals surface area contributed by atoms with Crippen molar-refractivity contribution in [3.05, 3.63) is 82.4 Å². The van der Waals surface area contributed by atoms with Crippen molar-refractivity contribution in [1.29, 1.82) is 0 Å². The van der Waals surface area contributed by atoms with Crippen LogP contribution in [0.5, 0.6) is 17.2 Å². The number of aliphatic hydroxyl groups is 1. The van der Waals surface area contributed by atoms with Crippen LogP contribution < -0.4 is 14.4 Å². The fraction of sp³-hybridized carbons (Fsp3) is 0.267. The number of rotatable bonds is 11. The lowest BCUT2D eigenvalue weighted by atomic mass is 9.95. The number of aryl methyl sites for hydroxylation is 1. The van der Waals surface area contributed by atoms with Gasteiger partial charge in [0.1, 0.15) is 23.0 Å². The molecule has 1 aromatic heterocycles. The van der Waals surface area contributed by atoms with E-state index >= 15 is 0 Å². The number of carbonyl (C=O) groups is 3. The van der Waals surface area contributed by atoms with Crippen molar-refractivity contribution in [2.24, 2.45) is 0 Å². The Labute approximate surface area is 241 Å². The average Bonchev–Trinajstić information content (AvgIpc) is 3.48. The summed E-state index contributed by atoms with van der Waals surface area (Å²) in [5.74, 6) is -2.33. The lowest BCUT2D eigenvalue weighted by molar-refractivity contribution is -0.132. The maximum absolute atomic E-state index is 13.5. The van der Waals surface area contributed by atoms with E-state index in [1.165, 1.54) is 24.3 Å². The molecule has 3 aromatic rings. The second kappa shape index (κ2) is 12.7. The van der Waals surface area contributed by atoms with Crippen molar-refractivity contribution in [1.82, 2.24) is 4.98 Å². The van der Waals surface area contributed by atoms with E-state index in [9.17, 15) is 24.6 Å². The molecule has 1 amide bonds. The van der Waals surface area contributed by atoms with Crippen LogP contribution in [0.4, 0.5) is 5.13 Å². The van der Waals surface area contributed by atoms with Crippen LogP contribution in [0.25, 0.3) is 5.76 Å². The van der Waals surface area contributed by atoms with Crippen LogP contribution in [-0.2, 0) is 14.3 Å². The molecular formula is C30H30N2O8S. The molecule has 214 valence electrons. The molecule has 2 N–H and O–H groups in total. The summed E-state index contributed by atoms with van der Waals surface area (Å²) >= 11 is 0.888. The molecule has 2 aromatic carbocycles. The Bertz CT molecular complexity index is 1510. The largest absolute Gasteiger partial charge is 0.507 e. The van der Waals surface area contributed by atoms with E-state index in [0.717, 1.165) is 22.7 Å². The van der Waals surface area contributed by atoms with Crippen LogP contribution >= 0.6 is 11.3 Å². The van der Waals surface area contributed by atoms with Crippen molar-refractivity contribution in [2.75, 3.05) is 24.7 Å². The first-order valence-corrected chi connectivity index (χ1v) is 13.8. The Morgan fingerprint density at radius 3 is 2.54 bits per heavy atom. The number of esters is 1. The lowest BCUT2D eigenvalue weighted by Crippen LogP contribution is -2.29. The second-order valence-electron chi connectivity index (χ2n) is 9.00. The van der Waals surface area contributed by atoms with Gasteiger partial charge < -0.3 is 24.4 Å². The van der Waals surface area contributed by atoms with E-state index in [-0.39, 0.29) is 40.3 Å². The molecule has 1 aliphatic heterocycles. The predicted octanol–water partition coefficient (Wildman–Crippen LogP) is 5.31. The molecular weight excluding hydrogens is 548 g/mol. The summed E-state index contributed by atoms with van der Waals surface area (Å²) in [5, 5.41) is 21.8. The Hall–Kier alpha value is -4.64. The highest BCUT2D eigenvalue weighted by atomic mass is 32.1. The van der Waals surface area contributed by atoms with E-state index < -0.39 is 29.5 Å². The minimum absolute atomic E-state index is 0.00793. The fourth-order valence-electron chi connectivity index (χ4n) is 4.28. The summed E-state index contributed by atoms with van der Waals surface area (Å²) in [6, 6.07) is 9.76. The first-order chi connectivity index (χ1) is 19.7. The standard InChI is InChI=1S/C30H30N2O8S/c1-5-14-39-20-11-8-18(9-12-20)25(34)23-24(19-10-13-21(33)22(16-19)38-7-3)32(28(36)26(23)35)30-31-17(4)27(41-30)29(37)40-15-6-2/h6,8-13,16,24,33-34H,2,5,7,14-15H2,1,3-4H3/b25-23+. The first kappa shape index (κ1) is 29.3. The van der Waals surface area contributed by atoms with Gasteiger partial charge in [-0.05, 0) is 62.2 Å². The first-order valence-electron chi connectivity index (χ1n) is 13.0. The Morgan fingerprint density at radius 2 is 1.88 bits per heavy atom. The number of ketones is 1. The topological polar surface area (TPSA) is 135 Å². The molecule has 1 fully saturated rings. The van der Waals surface area contributed by atoms with Crippen LogP contribution in [0.2, 0.25) is 0 Å². The number of amides is 1. The van der Waals surface area contributed by atoms with E-state index in [1.54, 1.807) is 38.1 Å². The third-order valence-corrected chi connectivity index (χ3v) is 7.29. The van der Waals surface area contributed by atoms with Gasteiger partial charge in [0.05, 0.1) is 30.5 Å². The average molecular weight is 579 g/mol. The number of phenolic OH excluding ortho intramolecular Hbond substituents is 1. The highest BCUT2D eigenvalue weighted by Gasteiger charge is 2.48. The smallest absolute Gasteiger partial charge is 0.350 e. The van der Waals surface area contributed by atoms with Crippen LogP contribution in [0.15, 0.2) is 60.7 Å². The zero-order valence-corrected chi connectivity index (χ0v) is 23.7. The molecule has 11 heteroatoms. The summed E-state index contributed by atoms with van der Waals surface area (Å²) in [5.41, 5.74) is 0.792. The van der Waals surface area contributed by atoms with Crippen molar-refractivity contribution in [3.8, 4) is 17.2 Å². The number of carbonyl (C=O) groups excluding carboxylic acids is 3. The van der Waals surface area contributed by atoms with E-state index in [4.69, 9.17) is 14.2 Å². The maximum Gasteiger partial charge on any atom is 0.350 e. The molecule has 10 nitrogen and oxygen atoms in total. The van der Waals surface area contributed by atoms with Gasteiger partial charge in [-0.15, -0.1) is 0 Å². The molecule has 41 heavy (non-hydrogen) atoms. The number of hydrogen-bond donors (Lipinski definition) is 2. The fourth-order valence-corrected chi connectivity index (χ4v) is 5.26.